The van der Waals surface area contributed by atoms with E-state index in [1.807, 2.05) is 30.3 Å². The molecule has 1 fully saturated rings. The minimum absolute atomic E-state index is 0.0319. The number of likely N-dealkylation sites (tertiary alicyclic amines) is 1. The van der Waals surface area contributed by atoms with Crippen LogP contribution in [0.15, 0.2) is 30.3 Å². The first-order valence-corrected chi connectivity index (χ1v) is 9.46. The predicted molar refractivity (Wildman–Crippen MR) is 103 cm³/mol. The zero-order chi connectivity index (χ0) is 18.2. The number of aromatic nitrogens is 2. The number of hydrogen-bond acceptors (Lipinski definition) is 4. The van der Waals surface area contributed by atoms with Crippen LogP contribution in [0.2, 0.25) is 0 Å². The van der Waals surface area contributed by atoms with Crippen LogP contribution >= 0.6 is 0 Å². The molecule has 3 rings (SSSR count). The van der Waals surface area contributed by atoms with Crippen LogP contribution in [0.1, 0.15) is 38.5 Å². The van der Waals surface area contributed by atoms with Crippen LogP contribution in [0, 0.1) is 0 Å². The number of benzene rings is 1. The molecule has 0 unspecified atom stereocenters. The number of rotatable bonds is 8. The fourth-order valence-corrected chi connectivity index (χ4v) is 3.33. The summed E-state index contributed by atoms with van der Waals surface area (Å²) in [6, 6.07) is 9.54. The zero-order valence-electron chi connectivity index (χ0n) is 15.5. The van der Waals surface area contributed by atoms with Crippen molar-refractivity contribution in [3.63, 3.8) is 0 Å². The molecule has 1 saturated heterocycles. The molecular weight excluding hydrogens is 328 g/mol. The second-order valence-electron chi connectivity index (χ2n) is 6.81. The summed E-state index contributed by atoms with van der Waals surface area (Å²) in [5.41, 5.74) is 1.73. The topological polar surface area (TPSA) is 70.2 Å². The maximum absolute atomic E-state index is 12.1. The van der Waals surface area contributed by atoms with E-state index in [0.29, 0.717) is 12.2 Å². The highest BCUT2D eigenvalue weighted by Gasteiger charge is 2.11. The molecule has 1 aromatic carbocycles. The van der Waals surface area contributed by atoms with Crippen LogP contribution in [0.25, 0.3) is 11.3 Å². The number of hydrogen-bond donors (Lipinski definition) is 2. The third kappa shape index (κ3) is 5.33. The van der Waals surface area contributed by atoms with Crippen molar-refractivity contribution in [2.45, 2.75) is 38.5 Å². The molecule has 0 radical (unpaired) electrons. The Morgan fingerprint density at radius 2 is 2.08 bits per heavy atom. The van der Waals surface area contributed by atoms with Gasteiger partial charge in [0.25, 0.3) is 0 Å². The molecule has 1 amide bonds. The van der Waals surface area contributed by atoms with Gasteiger partial charge in [-0.1, -0.05) is 18.6 Å². The molecular formula is C20H28N4O2. The molecule has 2 N–H and O–H groups in total. The molecule has 2 aromatic rings. The molecule has 1 aliphatic heterocycles. The molecule has 1 aromatic heterocycles. The number of methoxy groups -OCH3 is 1. The Bertz CT molecular complexity index is 707. The van der Waals surface area contributed by atoms with Gasteiger partial charge in [0.2, 0.25) is 5.91 Å². The van der Waals surface area contributed by atoms with E-state index in [-0.39, 0.29) is 5.91 Å². The summed E-state index contributed by atoms with van der Waals surface area (Å²) in [6.07, 6.45) is 6.53. The number of amides is 1. The summed E-state index contributed by atoms with van der Waals surface area (Å²) in [5, 5.41) is 10.1. The van der Waals surface area contributed by atoms with E-state index < -0.39 is 0 Å². The molecule has 140 valence electrons. The second-order valence-corrected chi connectivity index (χ2v) is 6.81. The van der Waals surface area contributed by atoms with E-state index >= 15 is 0 Å². The molecule has 1 aliphatic rings. The molecule has 26 heavy (non-hydrogen) atoms. The Morgan fingerprint density at radius 1 is 1.23 bits per heavy atom. The molecule has 0 atom stereocenters. The van der Waals surface area contributed by atoms with Gasteiger partial charge < -0.3 is 15.0 Å². The molecule has 0 spiro atoms. The highest BCUT2D eigenvalue weighted by atomic mass is 16.5. The first kappa shape index (κ1) is 18.5. The average molecular weight is 356 g/mol. The van der Waals surface area contributed by atoms with Crippen molar-refractivity contribution in [1.82, 2.24) is 15.1 Å². The van der Waals surface area contributed by atoms with E-state index in [9.17, 15) is 4.79 Å². The Balaban J connectivity index is 1.42. The number of carbonyl (C=O) groups is 1. The standard InChI is InChI=1S/C20H28N4O2/c1-26-17-9-7-8-16(14-17)18-15-19(23-22-18)21-20(25)10-3-6-13-24-11-4-2-5-12-24/h7-9,14-15H,2-6,10-13H2,1H3,(H2,21,22,23,25). The normalized spacial score (nSPS) is 15.0. The van der Waals surface area contributed by atoms with Crippen LogP contribution in [0.4, 0.5) is 5.82 Å². The number of H-pyrrole nitrogens is 1. The number of ether oxygens (including phenoxy) is 1. The van der Waals surface area contributed by atoms with E-state index in [0.717, 1.165) is 36.4 Å². The lowest BCUT2D eigenvalue weighted by Crippen LogP contribution is -2.30. The van der Waals surface area contributed by atoms with Gasteiger partial charge in [-0.3, -0.25) is 9.89 Å². The van der Waals surface area contributed by atoms with Gasteiger partial charge >= 0.3 is 0 Å². The first-order chi connectivity index (χ1) is 12.7. The summed E-state index contributed by atoms with van der Waals surface area (Å²) < 4.78 is 5.24. The second kappa shape index (κ2) is 9.38. The third-order valence-corrected chi connectivity index (χ3v) is 4.79. The van der Waals surface area contributed by atoms with Gasteiger partial charge in [-0.25, -0.2) is 0 Å². The Kier molecular flexibility index (Phi) is 6.66. The fraction of sp³-hybridized carbons (Fsp3) is 0.500. The number of aromatic amines is 1. The Hall–Kier alpha value is -2.34. The van der Waals surface area contributed by atoms with Crippen LogP contribution in [-0.2, 0) is 4.79 Å². The highest BCUT2D eigenvalue weighted by Crippen LogP contribution is 2.23. The molecule has 0 aliphatic carbocycles. The maximum Gasteiger partial charge on any atom is 0.225 e. The molecule has 6 nitrogen and oxygen atoms in total. The SMILES string of the molecule is COc1cccc(-c2cc(NC(=O)CCCCN3CCCCC3)[nH]n2)c1. The van der Waals surface area contributed by atoms with Crippen LogP contribution in [0.5, 0.6) is 5.75 Å². The van der Waals surface area contributed by atoms with Gasteiger partial charge in [0.15, 0.2) is 0 Å². The number of nitrogens with zero attached hydrogens (tertiary/aromatic N) is 2. The van der Waals surface area contributed by atoms with E-state index in [4.69, 9.17) is 4.74 Å². The smallest absolute Gasteiger partial charge is 0.225 e. The summed E-state index contributed by atoms with van der Waals surface area (Å²) in [4.78, 5) is 14.6. The van der Waals surface area contributed by atoms with Crippen molar-refractivity contribution >= 4 is 11.7 Å². The van der Waals surface area contributed by atoms with Crippen molar-refractivity contribution in [2.75, 3.05) is 32.1 Å². The van der Waals surface area contributed by atoms with Crippen molar-refractivity contribution in [1.29, 1.82) is 0 Å². The number of piperidine rings is 1. The number of nitrogens with one attached hydrogen (secondary N) is 2. The molecule has 2 heterocycles. The highest BCUT2D eigenvalue weighted by molar-refractivity contribution is 5.90. The van der Waals surface area contributed by atoms with Crippen molar-refractivity contribution in [3.8, 4) is 17.0 Å². The van der Waals surface area contributed by atoms with Crippen molar-refractivity contribution in [3.05, 3.63) is 30.3 Å². The van der Waals surface area contributed by atoms with Crippen LogP contribution in [-0.4, -0.2) is 47.7 Å². The summed E-state index contributed by atoms with van der Waals surface area (Å²) in [5.74, 6) is 1.44. The first-order valence-electron chi connectivity index (χ1n) is 9.46. The van der Waals surface area contributed by atoms with Crippen LogP contribution in [0.3, 0.4) is 0 Å². The van der Waals surface area contributed by atoms with E-state index in [1.54, 1.807) is 7.11 Å². The zero-order valence-corrected chi connectivity index (χ0v) is 15.5. The quantitative estimate of drug-likeness (QED) is 0.708. The van der Waals surface area contributed by atoms with Crippen molar-refractivity contribution < 1.29 is 9.53 Å². The third-order valence-electron chi connectivity index (χ3n) is 4.79. The lowest BCUT2D eigenvalue weighted by atomic mass is 10.1. The summed E-state index contributed by atoms with van der Waals surface area (Å²) >= 11 is 0. The van der Waals surface area contributed by atoms with Gasteiger partial charge in [-0.05, 0) is 57.5 Å². The van der Waals surface area contributed by atoms with E-state index in [1.165, 1.54) is 32.4 Å². The predicted octanol–water partition coefficient (Wildman–Crippen LogP) is 3.68. The van der Waals surface area contributed by atoms with Crippen molar-refractivity contribution in [2.24, 2.45) is 0 Å². The number of unbranched alkanes of at least 4 members (excludes halogenated alkanes) is 1. The minimum Gasteiger partial charge on any atom is -0.497 e. The lowest BCUT2D eigenvalue weighted by Gasteiger charge is -2.26. The average Bonchev–Trinajstić information content (AvgIpc) is 3.14. The molecule has 0 bridgehead atoms. The van der Waals surface area contributed by atoms with Gasteiger partial charge in [0.1, 0.15) is 11.6 Å². The molecule has 0 saturated carbocycles. The monoisotopic (exact) mass is 356 g/mol. The molecule has 6 heteroatoms. The fourth-order valence-electron chi connectivity index (χ4n) is 3.33. The van der Waals surface area contributed by atoms with Gasteiger partial charge in [-0.15, -0.1) is 0 Å². The van der Waals surface area contributed by atoms with Gasteiger partial charge in [-0.2, -0.15) is 5.10 Å². The Morgan fingerprint density at radius 3 is 2.88 bits per heavy atom. The summed E-state index contributed by atoms with van der Waals surface area (Å²) in [6.45, 7) is 3.54. The minimum atomic E-state index is 0.0319. The van der Waals surface area contributed by atoms with E-state index in [2.05, 4.69) is 20.4 Å². The number of carbonyl (C=O) groups excluding carboxylic acids is 1. The largest absolute Gasteiger partial charge is 0.497 e. The Labute approximate surface area is 154 Å². The maximum atomic E-state index is 12.1. The van der Waals surface area contributed by atoms with Crippen LogP contribution < -0.4 is 10.1 Å². The van der Waals surface area contributed by atoms with Gasteiger partial charge in [0, 0.05) is 18.1 Å². The summed E-state index contributed by atoms with van der Waals surface area (Å²) in [7, 11) is 1.64. The van der Waals surface area contributed by atoms with Gasteiger partial charge in [0.05, 0.1) is 12.8 Å². The lowest BCUT2D eigenvalue weighted by molar-refractivity contribution is -0.116. The number of anilines is 1.